The summed E-state index contributed by atoms with van der Waals surface area (Å²) >= 11 is 12.4. The first kappa shape index (κ1) is 17.8. The molecular weight excluding hydrogens is 389 g/mol. The molecule has 0 aliphatic carbocycles. The summed E-state index contributed by atoms with van der Waals surface area (Å²) < 4.78 is 1.78. The van der Waals surface area contributed by atoms with E-state index in [0.717, 1.165) is 10.9 Å². The van der Waals surface area contributed by atoms with Crippen molar-refractivity contribution < 1.29 is 9.90 Å². The smallest absolute Gasteiger partial charge is 0.308 e. The van der Waals surface area contributed by atoms with E-state index in [2.05, 4.69) is 19.9 Å². The van der Waals surface area contributed by atoms with E-state index in [1.165, 1.54) is 0 Å². The summed E-state index contributed by atoms with van der Waals surface area (Å²) in [6.07, 6.45) is 6.68. The molecule has 4 aromatic heterocycles. The van der Waals surface area contributed by atoms with E-state index >= 15 is 0 Å². The number of carboxylic acids is 1. The first-order chi connectivity index (χ1) is 12.9. The molecule has 0 spiro atoms. The molecule has 0 aromatic carbocycles. The molecule has 4 heterocycles. The van der Waals surface area contributed by atoms with Gasteiger partial charge in [-0.25, -0.2) is 15.0 Å². The molecule has 0 amide bonds. The van der Waals surface area contributed by atoms with Crippen molar-refractivity contribution in [2.75, 3.05) is 0 Å². The summed E-state index contributed by atoms with van der Waals surface area (Å²) in [5.74, 6) is -1.01. The van der Waals surface area contributed by atoms with Crippen molar-refractivity contribution >= 4 is 51.2 Å². The summed E-state index contributed by atoms with van der Waals surface area (Å²) in [6, 6.07) is 1.46. The molecular formula is C18H15Cl2N5O2. The number of rotatable bonds is 4. The summed E-state index contributed by atoms with van der Waals surface area (Å²) in [5.41, 5.74) is 2.01. The molecule has 0 aliphatic rings. The number of aliphatic carboxylic acids is 1. The van der Waals surface area contributed by atoms with Gasteiger partial charge in [0.25, 0.3) is 0 Å². The van der Waals surface area contributed by atoms with Gasteiger partial charge in [-0.1, -0.05) is 23.2 Å². The van der Waals surface area contributed by atoms with E-state index in [0.29, 0.717) is 32.6 Å². The number of nitrogens with one attached hydrogen (secondary N) is 1. The molecule has 9 heteroatoms. The SMILES string of the molecule is C[C@H]([C@@H](C)C(=O)O)n1cc(Cl)c2cnc(-c3c[nH]c4ncc(Cl)cc34)nc21. The average molecular weight is 404 g/mol. The lowest BCUT2D eigenvalue weighted by Gasteiger charge is -2.18. The normalized spacial score (nSPS) is 13.9. The van der Waals surface area contributed by atoms with Gasteiger partial charge in [0, 0.05) is 41.8 Å². The molecule has 27 heavy (non-hydrogen) atoms. The van der Waals surface area contributed by atoms with Gasteiger partial charge in [0.05, 0.1) is 21.3 Å². The third-order valence-electron chi connectivity index (χ3n) is 4.81. The van der Waals surface area contributed by atoms with Crippen LogP contribution in [0, 0.1) is 5.92 Å². The maximum atomic E-state index is 11.4. The number of aromatic nitrogens is 5. The number of pyridine rings is 1. The van der Waals surface area contributed by atoms with Crippen LogP contribution in [0.25, 0.3) is 33.5 Å². The first-order valence-electron chi connectivity index (χ1n) is 8.25. The second-order valence-corrected chi connectivity index (χ2v) is 7.28. The highest BCUT2D eigenvalue weighted by Crippen LogP contribution is 2.33. The molecule has 0 bridgehead atoms. The maximum Gasteiger partial charge on any atom is 0.308 e. The molecule has 0 saturated heterocycles. The van der Waals surface area contributed by atoms with Gasteiger partial charge in [0.1, 0.15) is 11.3 Å². The van der Waals surface area contributed by atoms with Crippen molar-refractivity contribution in [2.45, 2.75) is 19.9 Å². The molecule has 0 saturated carbocycles. The van der Waals surface area contributed by atoms with Crippen LogP contribution in [0.5, 0.6) is 0 Å². The number of nitrogens with zero attached hydrogens (tertiary/aromatic N) is 4. The lowest BCUT2D eigenvalue weighted by atomic mass is 10.0. The zero-order chi connectivity index (χ0) is 19.3. The van der Waals surface area contributed by atoms with Crippen molar-refractivity contribution in [2.24, 2.45) is 5.92 Å². The second kappa shape index (κ2) is 6.51. The Morgan fingerprint density at radius 1 is 1.22 bits per heavy atom. The molecule has 0 fully saturated rings. The van der Waals surface area contributed by atoms with Gasteiger partial charge < -0.3 is 14.7 Å². The van der Waals surface area contributed by atoms with Crippen molar-refractivity contribution in [3.8, 4) is 11.4 Å². The molecule has 138 valence electrons. The lowest BCUT2D eigenvalue weighted by Crippen LogP contribution is -2.21. The number of hydrogen-bond acceptors (Lipinski definition) is 4. The van der Waals surface area contributed by atoms with Crippen molar-refractivity contribution in [3.05, 3.63) is 40.9 Å². The topological polar surface area (TPSA) is 96.7 Å². The molecule has 2 N–H and O–H groups in total. The monoisotopic (exact) mass is 403 g/mol. The van der Waals surface area contributed by atoms with Gasteiger partial charge in [-0.3, -0.25) is 4.79 Å². The maximum absolute atomic E-state index is 11.4. The Kier molecular flexibility index (Phi) is 4.28. The predicted molar refractivity (Wildman–Crippen MR) is 104 cm³/mol. The van der Waals surface area contributed by atoms with Gasteiger partial charge in [-0.2, -0.15) is 0 Å². The third-order valence-corrected chi connectivity index (χ3v) is 5.32. The van der Waals surface area contributed by atoms with E-state index in [1.807, 2.05) is 6.92 Å². The van der Waals surface area contributed by atoms with E-state index in [1.54, 1.807) is 42.3 Å². The quantitative estimate of drug-likeness (QED) is 0.520. The Labute approximate surface area is 164 Å². The number of aromatic amines is 1. The Hall–Kier alpha value is -2.64. The molecule has 0 unspecified atom stereocenters. The van der Waals surface area contributed by atoms with Gasteiger partial charge in [0.2, 0.25) is 0 Å². The number of fused-ring (bicyclic) bond motifs is 2. The zero-order valence-electron chi connectivity index (χ0n) is 14.4. The van der Waals surface area contributed by atoms with Crippen LogP contribution in [0.1, 0.15) is 19.9 Å². The van der Waals surface area contributed by atoms with Gasteiger partial charge in [-0.15, -0.1) is 0 Å². The Bertz CT molecular complexity index is 1180. The first-order valence-corrected chi connectivity index (χ1v) is 9.01. The number of carbonyl (C=O) groups is 1. The van der Waals surface area contributed by atoms with E-state index in [-0.39, 0.29) is 6.04 Å². The molecule has 7 nitrogen and oxygen atoms in total. The van der Waals surface area contributed by atoms with Crippen LogP contribution < -0.4 is 0 Å². The predicted octanol–water partition coefficient (Wildman–Crippen LogP) is 4.56. The van der Waals surface area contributed by atoms with Crippen molar-refractivity contribution in [1.82, 2.24) is 24.5 Å². The largest absolute Gasteiger partial charge is 0.481 e. The fourth-order valence-corrected chi connectivity index (χ4v) is 3.44. The van der Waals surface area contributed by atoms with E-state index < -0.39 is 11.9 Å². The molecule has 0 radical (unpaired) electrons. The van der Waals surface area contributed by atoms with Gasteiger partial charge >= 0.3 is 5.97 Å². The summed E-state index contributed by atoms with van der Waals surface area (Å²) in [5, 5.41) is 11.8. The Morgan fingerprint density at radius 2 is 2.00 bits per heavy atom. The second-order valence-electron chi connectivity index (χ2n) is 6.43. The highest BCUT2D eigenvalue weighted by Gasteiger charge is 2.24. The average Bonchev–Trinajstić information content (AvgIpc) is 3.21. The summed E-state index contributed by atoms with van der Waals surface area (Å²) in [4.78, 5) is 27.8. The minimum atomic E-state index is -0.882. The lowest BCUT2D eigenvalue weighted by molar-refractivity contribution is -0.142. The highest BCUT2D eigenvalue weighted by molar-refractivity contribution is 6.35. The van der Waals surface area contributed by atoms with Crippen molar-refractivity contribution in [3.63, 3.8) is 0 Å². The fraction of sp³-hybridized carbons (Fsp3) is 0.222. The minimum absolute atomic E-state index is 0.334. The van der Waals surface area contributed by atoms with Crippen LogP contribution in [0.2, 0.25) is 10.0 Å². The Morgan fingerprint density at radius 3 is 2.74 bits per heavy atom. The molecule has 4 aromatic rings. The van der Waals surface area contributed by atoms with Crippen molar-refractivity contribution in [1.29, 1.82) is 0 Å². The highest BCUT2D eigenvalue weighted by atomic mass is 35.5. The van der Waals surface area contributed by atoms with E-state index in [9.17, 15) is 9.90 Å². The number of hydrogen-bond donors (Lipinski definition) is 2. The molecule has 0 aliphatic heterocycles. The van der Waals surface area contributed by atoms with Crippen LogP contribution in [0.3, 0.4) is 0 Å². The van der Waals surface area contributed by atoms with Crippen LogP contribution in [0.15, 0.2) is 30.9 Å². The number of H-pyrrole nitrogens is 1. The van der Waals surface area contributed by atoms with Crippen LogP contribution in [-0.2, 0) is 4.79 Å². The Balaban J connectivity index is 1.90. The number of halogens is 2. The van der Waals surface area contributed by atoms with Gasteiger partial charge in [0.15, 0.2) is 5.82 Å². The summed E-state index contributed by atoms with van der Waals surface area (Å²) in [7, 11) is 0. The zero-order valence-corrected chi connectivity index (χ0v) is 16.0. The summed E-state index contributed by atoms with van der Waals surface area (Å²) in [6.45, 7) is 3.48. The van der Waals surface area contributed by atoms with E-state index in [4.69, 9.17) is 23.2 Å². The van der Waals surface area contributed by atoms with Gasteiger partial charge in [-0.05, 0) is 19.9 Å². The fourth-order valence-electron chi connectivity index (χ4n) is 3.04. The minimum Gasteiger partial charge on any atom is -0.481 e. The van der Waals surface area contributed by atoms with Crippen LogP contribution >= 0.6 is 23.2 Å². The van der Waals surface area contributed by atoms with Crippen LogP contribution in [0.4, 0.5) is 0 Å². The van der Waals surface area contributed by atoms with Crippen LogP contribution in [-0.4, -0.2) is 35.6 Å². The molecule has 2 atom stereocenters. The molecule has 4 rings (SSSR count). The standard InChI is InChI=1S/C18H15Cl2N5O2/c1-8(18(26)27)9(2)25-7-14(20)13-6-23-16(24-17(13)25)12-5-22-15-11(12)3-10(19)4-21-15/h3-9H,1-2H3,(H,21,22)(H,26,27)/t8-,9-/m1/s1. The number of carboxylic acid groups (broad SMARTS) is 1. The third kappa shape index (κ3) is 2.93.